The average molecular weight is 456 g/mol. The molecular formula is C23H26F2N6O2. The van der Waals surface area contributed by atoms with Crippen molar-refractivity contribution in [2.24, 2.45) is 0 Å². The van der Waals surface area contributed by atoms with E-state index in [1.165, 1.54) is 41.3 Å². The number of halogens is 2. The molecule has 33 heavy (non-hydrogen) atoms. The van der Waals surface area contributed by atoms with Gasteiger partial charge in [0.1, 0.15) is 24.2 Å². The quantitative estimate of drug-likeness (QED) is 0.590. The van der Waals surface area contributed by atoms with Crippen molar-refractivity contribution >= 4 is 11.8 Å². The van der Waals surface area contributed by atoms with Gasteiger partial charge in [-0.25, -0.2) is 8.78 Å². The fraction of sp³-hybridized carbons (Fsp3) is 0.348. The Hall–Kier alpha value is -3.69. The number of nitrogens with one attached hydrogen (secondary N) is 1. The van der Waals surface area contributed by atoms with Crippen LogP contribution in [0.2, 0.25) is 0 Å². The van der Waals surface area contributed by atoms with Gasteiger partial charge in [0, 0.05) is 17.6 Å². The SMILES string of the molecule is CC(C(=O)NC(C)(C)C)N(Cc1ccc(F)cc1)C(=O)Cn1nnc(-c2ccc(F)cc2)n1. The van der Waals surface area contributed by atoms with Crippen LogP contribution in [0.3, 0.4) is 0 Å². The molecule has 1 atom stereocenters. The zero-order valence-electron chi connectivity index (χ0n) is 18.9. The summed E-state index contributed by atoms with van der Waals surface area (Å²) in [4.78, 5) is 28.5. The van der Waals surface area contributed by atoms with Crippen LogP contribution in [0.1, 0.15) is 33.3 Å². The van der Waals surface area contributed by atoms with Crippen molar-refractivity contribution < 1.29 is 18.4 Å². The van der Waals surface area contributed by atoms with Crippen LogP contribution in [-0.2, 0) is 22.7 Å². The maximum atomic E-state index is 13.3. The number of hydrogen-bond donors (Lipinski definition) is 1. The predicted molar refractivity (Wildman–Crippen MR) is 118 cm³/mol. The Balaban J connectivity index is 1.80. The molecule has 0 radical (unpaired) electrons. The fourth-order valence-electron chi connectivity index (χ4n) is 3.08. The summed E-state index contributed by atoms with van der Waals surface area (Å²) in [6.45, 7) is 7.00. The summed E-state index contributed by atoms with van der Waals surface area (Å²) in [7, 11) is 0. The second kappa shape index (κ2) is 9.85. The molecular weight excluding hydrogens is 430 g/mol. The van der Waals surface area contributed by atoms with Crippen molar-refractivity contribution in [2.45, 2.75) is 52.4 Å². The molecule has 0 aliphatic carbocycles. The molecule has 10 heteroatoms. The third-order valence-corrected chi connectivity index (χ3v) is 4.76. The predicted octanol–water partition coefficient (Wildman–Crippen LogP) is 2.95. The van der Waals surface area contributed by atoms with E-state index in [1.54, 1.807) is 19.1 Å². The van der Waals surface area contributed by atoms with Gasteiger partial charge in [0.05, 0.1) is 0 Å². The van der Waals surface area contributed by atoms with E-state index in [0.29, 0.717) is 11.1 Å². The van der Waals surface area contributed by atoms with Gasteiger partial charge in [0.15, 0.2) is 0 Å². The van der Waals surface area contributed by atoms with E-state index < -0.39 is 23.3 Å². The third-order valence-electron chi connectivity index (χ3n) is 4.76. The van der Waals surface area contributed by atoms with Crippen LogP contribution in [0.4, 0.5) is 8.78 Å². The normalized spacial score (nSPS) is 12.3. The fourth-order valence-corrected chi connectivity index (χ4v) is 3.08. The average Bonchev–Trinajstić information content (AvgIpc) is 3.20. The number of aromatic nitrogens is 4. The Labute approximate surface area is 190 Å². The van der Waals surface area contributed by atoms with E-state index in [2.05, 4.69) is 20.7 Å². The highest BCUT2D eigenvalue weighted by Crippen LogP contribution is 2.15. The Bertz CT molecular complexity index is 1110. The minimum absolute atomic E-state index is 0.0946. The zero-order chi connectivity index (χ0) is 24.2. The highest BCUT2D eigenvalue weighted by Gasteiger charge is 2.29. The van der Waals surface area contributed by atoms with E-state index in [4.69, 9.17) is 0 Å². The van der Waals surface area contributed by atoms with Gasteiger partial charge in [-0.05, 0) is 74.9 Å². The first kappa shape index (κ1) is 24.0. The monoisotopic (exact) mass is 456 g/mol. The number of hydrogen-bond acceptors (Lipinski definition) is 5. The van der Waals surface area contributed by atoms with Gasteiger partial charge in [-0.1, -0.05) is 12.1 Å². The summed E-state index contributed by atoms with van der Waals surface area (Å²) in [5.74, 6) is -1.28. The van der Waals surface area contributed by atoms with Gasteiger partial charge < -0.3 is 10.2 Å². The molecule has 0 saturated carbocycles. The largest absolute Gasteiger partial charge is 0.350 e. The highest BCUT2D eigenvalue weighted by molar-refractivity contribution is 5.87. The van der Waals surface area contributed by atoms with Crippen LogP contribution in [0.25, 0.3) is 11.4 Å². The molecule has 0 spiro atoms. The molecule has 2 amide bonds. The highest BCUT2D eigenvalue weighted by atomic mass is 19.1. The van der Waals surface area contributed by atoms with E-state index in [0.717, 1.165) is 4.80 Å². The topological polar surface area (TPSA) is 93.0 Å². The molecule has 1 unspecified atom stereocenters. The maximum Gasteiger partial charge on any atom is 0.247 e. The smallest absolute Gasteiger partial charge is 0.247 e. The number of tetrazole rings is 1. The molecule has 3 aromatic rings. The second-order valence-electron chi connectivity index (χ2n) is 8.71. The second-order valence-corrected chi connectivity index (χ2v) is 8.71. The minimum atomic E-state index is -0.804. The number of carbonyl (C=O) groups excluding carboxylic acids is 2. The Morgan fingerprint density at radius 3 is 2.18 bits per heavy atom. The summed E-state index contributed by atoms with van der Waals surface area (Å²) in [6.07, 6.45) is 0. The Kier molecular flexibility index (Phi) is 7.15. The first-order chi connectivity index (χ1) is 15.5. The van der Waals surface area contributed by atoms with Gasteiger partial charge in [-0.15, -0.1) is 10.2 Å². The molecule has 1 N–H and O–H groups in total. The Morgan fingerprint density at radius 1 is 1.03 bits per heavy atom. The van der Waals surface area contributed by atoms with Crippen LogP contribution in [0.15, 0.2) is 48.5 Å². The van der Waals surface area contributed by atoms with E-state index >= 15 is 0 Å². The summed E-state index contributed by atoms with van der Waals surface area (Å²) >= 11 is 0. The number of carbonyl (C=O) groups is 2. The standard InChI is InChI=1S/C23H26F2N6O2/c1-15(22(33)26-23(2,3)4)30(13-16-5-9-18(24)10-6-16)20(32)14-31-28-21(27-29-31)17-7-11-19(25)12-8-17/h5-12,15H,13-14H2,1-4H3,(H,26,33). The zero-order valence-corrected chi connectivity index (χ0v) is 18.9. The molecule has 2 aromatic carbocycles. The van der Waals surface area contributed by atoms with Gasteiger partial charge in [-0.2, -0.15) is 4.80 Å². The molecule has 1 aromatic heterocycles. The number of amides is 2. The number of benzene rings is 2. The lowest BCUT2D eigenvalue weighted by Crippen LogP contribution is -2.53. The summed E-state index contributed by atoms with van der Waals surface area (Å²) < 4.78 is 26.5. The van der Waals surface area contributed by atoms with Gasteiger partial charge in [0.2, 0.25) is 17.6 Å². The van der Waals surface area contributed by atoms with Gasteiger partial charge in [-0.3, -0.25) is 9.59 Å². The maximum absolute atomic E-state index is 13.3. The molecule has 0 fully saturated rings. The molecule has 8 nitrogen and oxygen atoms in total. The lowest BCUT2D eigenvalue weighted by Gasteiger charge is -2.31. The van der Waals surface area contributed by atoms with Crippen molar-refractivity contribution in [1.82, 2.24) is 30.4 Å². The van der Waals surface area contributed by atoms with Crippen LogP contribution >= 0.6 is 0 Å². The van der Waals surface area contributed by atoms with Crippen molar-refractivity contribution in [2.75, 3.05) is 0 Å². The molecule has 0 aliphatic rings. The van der Waals surface area contributed by atoms with Gasteiger partial charge >= 0.3 is 0 Å². The van der Waals surface area contributed by atoms with Crippen molar-refractivity contribution in [1.29, 1.82) is 0 Å². The van der Waals surface area contributed by atoms with E-state index in [1.807, 2.05) is 20.8 Å². The minimum Gasteiger partial charge on any atom is -0.350 e. The molecule has 0 bridgehead atoms. The molecule has 0 aliphatic heterocycles. The molecule has 3 rings (SSSR count). The van der Waals surface area contributed by atoms with Crippen molar-refractivity contribution in [3.63, 3.8) is 0 Å². The van der Waals surface area contributed by atoms with E-state index in [9.17, 15) is 18.4 Å². The van der Waals surface area contributed by atoms with E-state index in [-0.39, 0.29) is 30.6 Å². The van der Waals surface area contributed by atoms with Crippen molar-refractivity contribution in [3.05, 3.63) is 65.7 Å². The lowest BCUT2D eigenvalue weighted by molar-refractivity contribution is -0.142. The lowest BCUT2D eigenvalue weighted by atomic mass is 10.1. The third kappa shape index (κ3) is 6.64. The van der Waals surface area contributed by atoms with Gasteiger partial charge in [0.25, 0.3) is 0 Å². The molecule has 0 saturated heterocycles. The summed E-state index contributed by atoms with van der Waals surface area (Å²) in [6, 6.07) is 10.5. The molecule has 1 heterocycles. The summed E-state index contributed by atoms with van der Waals surface area (Å²) in [5.41, 5.74) is 0.739. The Morgan fingerprint density at radius 2 is 1.61 bits per heavy atom. The summed E-state index contributed by atoms with van der Waals surface area (Å²) in [5, 5.41) is 14.9. The van der Waals surface area contributed by atoms with Crippen LogP contribution in [0, 0.1) is 11.6 Å². The van der Waals surface area contributed by atoms with Crippen LogP contribution in [-0.4, -0.2) is 48.5 Å². The number of nitrogens with zero attached hydrogens (tertiary/aromatic N) is 5. The molecule has 174 valence electrons. The first-order valence-electron chi connectivity index (χ1n) is 10.4. The van der Waals surface area contributed by atoms with Crippen LogP contribution in [0.5, 0.6) is 0 Å². The first-order valence-corrected chi connectivity index (χ1v) is 10.4. The van der Waals surface area contributed by atoms with Crippen LogP contribution < -0.4 is 5.32 Å². The van der Waals surface area contributed by atoms with Crippen molar-refractivity contribution in [3.8, 4) is 11.4 Å². The number of rotatable bonds is 7.